The summed E-state index contributed by atoms with van der Waals surface area (Å²) >= 11 is 0. The molecule has 0 aliphatic heterocycles. The maximum absolute atomic E-state index is 11.0. The summed E-state index contributed by atoms with van der Waals surface area (Å²) in [5.74, 6) is -0.114. The third-order valence-electron chi connectivity index (χ3n) is 3.37. The summed E-state index contributed by atoms with van der Waals surface area (Å²) in [7, 11) is 3.71. The van der Waals surface area contributed by atoms with E-state index in [2.05, 4.69) is 30.5 Å². The lowest BCUT2D eigenvalue weighted by Gasteiger charge is -2.09. The molecule has 0 spiro atoms. The van der Waals surface area contributed by atoms with Gasteiger partial charge in [-0.05, 0) is 46.1 Å². The highest BCUT2D eigenvalue weighted by Crippen LogP contribution is 2.07. The highest BCUT2D eigenvalue weighted by molar-refractivity contribution is 5.68. The maximum Gasteiger partial charge on any atom is 0.305 e. The molecule has 0 aromatic heterocycles. The van der Waals surface area contributed by atoms with Crippen molar-refractivity contribution in [3.8, 4) is 0 Å². The normalized spacial score (nSPS) is 13.5. The minimum atomic E-state index is -0.114. The van der Waals surface area contributed by atoms with Crippen LogP contribution < -0.4 is 5.32 Å². The fourth-order valence-electron chi connectivity index (χ4n) is 2.04. The lowest BCUT2D eigenvalue weighted by molar-refractivity contribution is -0.143. The Bertz CT molecular complexity index is 337. The summed E-state index contributed by atoms with van der Waals surface area (Å²) in [6.45, 7) is 5.42. The number of hydrogen-bond acceptors (Lipinski definition) is 4. The van der Waals surface area contributed by atoms with Crippen LogP contribution in [0.1, 0.15) is 52.4 Å². The first-order valence-electron chi connectivity index (χ1n) is 8.29. The first-order chi connectivity index (χ1) is 10.6. The zero-order valence-corrected chi connectivity index (χ0v) is 14.7. The Balaban J connectivity index is 3.74. The van der Waals surface area contributed by atoms with E-state index < -0.39 is 0 Å². The van der Waals surface area contributed by atoms with Gasteiger partial charge in [-0.25, -0.2) is 0 Å². The molecule has 0 saturated heterocycles. The van der Waals surface area contributed by atoms with E-state index in [0.29, 0.717) is 13.0 Å². The lowest BCUT2D eigenvalue weighted by atomic mass is 10.1. The van der Waals surface area contributed by atoms with E-state index in [1.807, 2.05) is 14.0 Å². The van der Waals surface area contributed by atoms with Crippen LogP contribution in [0.4, 0.5) is 0 Å². The summed E-state index contributed by atoms with van der Waals surface area (Å²) < 4.78 is 10.5. The van der Waals surface area contributed by atoms with Crippen LogP contribution in [0.3, 0.4) is 0 Å². The molecule has 0 heterocycles. The fourth-order valence-corrected chi connectivity index (χ4v) is 2.04. The molecule has 0 aliphatic rings. The van der Waals surface area contributed by atoms with Crippen molar-refractivity contribution in [3.05, 3.63) is 23.8 Å². The first kappa shape index (κ1) is 20.9. The van der Waals surface area contributed by atoms with E-state index in [1.165, 1.54) is 5.57 Å². The van der Waals surface area contributed by atoms with Gasteiger partial charge >= 0.3 is 5.97 Å². The lowest BCUT2D eigenvalue weighted by Crippen LogP contribution is -2.09. The molecule has 4 nitrogen and oxygen atoms in total. The molecule has 0 amide bonds. The second-order valence-electron chi connectivity index (χ2n) is 5.43. The summed E-state index contributed by atoms with van der Waals surface area (Å²) in [6.07, 6.45) is 12.2. The minimum absolute atomic E-state index is 0.114. The quantitative estimate of drug-likeness (QED) is 0.320. The van der Waals surface area contributed by atoms with Crippen molar-refractivity contribution in [1.82, 2.24) is 5.32 Å². The standard InChI is InChI=1S/C18H33NO3/c1-5-18(20)22-14-9-7-6-8-12-17(21-4)13-10-11-16(2)15-19-3/h8,11-12,17,19H,5-7,9-10,13-15H2,1-4H3/b12-8+,16-11-. The molecule has 22 heavy (non-hydrogen) atoms. The predicted molar refractivity (Wildman–Crippen MR) is 92.0 cm³/mol. The Morgan fingerprint density at radius 2 is 2.05 bits per heavy atom. The smallest absolute Gasteiger partial charge is 0.305 e. The van der Waals surface area contributed by atoms with Crippen LogP contribution in [0.25, 0.3) is 0 Å². The topological polar surface area (TPSA) is 47.6 Å². The number of hydrogen-bond donors (Lipinski definition) is 1. The Morgan fingerprint density at radius 1 is 1.27 bits per heavy atom. The van der Waals surface area contributed by atoms with Gasteiger partial charge in [-0.3, -0.25) is 4.79 Å². The van der Waals surface area contributed by atoms with Gasteiger partial charge in [0.05, 0.1) is 12.7 Å². The Labute approximate surface area is 136 Å². The van der Waals surface area contributed by atoms with E-state index in [0.717, 1.165) is 38.6 Å². The molecular weight excluding hydrogens is 278 g/mol. The van der Waals surface area contributed by atoms with Crippen molar-refractivity contribution in [2.45, 2.75) is 58.5 Å². The van der Waals surface area contributed by atoms with Crippen LogP contribution in [0.5, 0.6) is 0 Å². The van der Waals surface area contributed by atoms with Crippen LogP contribution in [0, 0.1) is 0 Å². The molecule has 0 saturated carbocycles. The van der Waals surface area contributed by atoms with Crippen LogP contribution in [-0.2, 0) is 14.3 Å². The maximum atomic E-state index is 11.0. The number of allylic oxidation sites excluding steroid dienone is 2. The van der Waals surface area contributed by atoms with Gasteiger partial charge in [0.1, 0.15) is 0 Å². The van der Waals surface area contributed by atoms with Gasteiger partial charge in [-0.2, -0.15) is 0 Å². The van der Waals surface area contributed by atoms with E-state index in [9.17, 15) is 4.79 Å². The number of methoxy groups -OCH3 is 1. The van der Waals surface area contributed by atoms with Crippen molar-refractivity contribution in [1.29, 1.82) is 0 Å². The Morgan fingerprint density at radius 3 is 2.68 bits per heavy atom. The Kier molecular flexibility index (Phi) is 14.0. The number of rotatable bonds is 13. The number of ether oxygens (including phenoxy) is 2. The van der Waals surface area contributed by atoms with Crippen molar-refractivity contribution < 1.29 is 14.3 Å². The van der Waals surface area contributed by atoms with Crippen molar-refractivity contribution in [2.24, 2.45) is 0 Å². The highest BCUT2D eigenvalue weighted by atomic mass is 16.5. The molecule has 4 heteroatoms. The van der Waals surface area contributed by atoms with E-state index >= 15 is 0 Å². The average Bonchev–Trinajstić information content (AvgIpc) is 2.52. The third kappa shape index (κ3) is 12.6. The van der Waals surface area contributed by atoms with Crippen LogP contribution in [-0.4, -0.2) is 39.4 Å². The average molecular weight is 311 g/mol. The number of unbranched alkanes of at least 4 members (excludes halogenated alkanes) is 2. The van der Waals surface area contributed by atoms with Crippen molar-refractivity contribution >= 4 is 5.97 Å². The summed E-state index contributed by atoms with van der Waals surface area (Å²) in [6, 6.07) is 0. The first-order valence-corrected chi connectivity index (χ1v) is 8.29. The number of carbonyl (C=O) groups is 1. The summed E-state index contributed by atoms with van der Waals surface area (Å²) in [5.41, 5.74) is 1.36. The molecule has 0 aromatic rings. The van der Waals surface area contributed by atoms with Crippen molar-refractivity contribution in [3.63, 3.8) is 0 Å². The van der Waals surface area contributed by atoms with Crippen LogP contribution in [0.2, 0.25) is 0 Å². The van der Waals surface area contributed by atoms with Gasteiger partial charge < -0.3 is 14.8 Å². The molecule has 0 aromatic carbocycles. The third-order valence-corrected chi connectivity index (χ3v) is 3.37. The molecule has 1 N–H and O–H groups in total. The molecule has 0 aliphatic carbocycles. The van der Waals surface area contributed by atoms with E-state index in [4.69, 9.17) is 9.47 Å². The number of esters is 1. The largest absolute Gasteiger partial charge is 0.466 e. The number of carbonyl (C=O) groups excluding carboxylic acids is 1. The molecule has 1 unspecified atom stereocenters. The highest BCUT2D eigenvalue weighted by Gasteiger charge is 2.01. The minimum Gasteiger partial charge on any atom is -0.466 e. The van der Waals surface area contributed by atoms with Crippen molar-refractivity contribution in [2.75, 3.05) is 27.3 Å². The number of likely N-dealkylation sites (N-methyl/N-ethyl adjacent to an activating group) is 1. The summed E-state index contributed by atoms with van der Waals surface area (Å²) in [5, 5.41) is 3.14. The molecule has 0 bridgehead atoms. The zero-order chi connectivity index (χ0) is 16.6. The summed E-state index contributed by atoms with van der Waals surface area (Å²) in [4.78, 5) is 11.0. The Hall–Kier alpha value is -1.13. The monoisotopic (exact) mass is 311 g/mol. The SMILES string of the molecule is CCC(=O)OCCCC/C=C/C(CC/C=C(/C)CNC)OC. The molecular formula is C18H33NO3. The molecule has 128 valence electrons. The fraction of sp³-hybridized carbons (Fsp3) is 0.722. The van der Waals surface area contributed by atoms with E-state index in [-0.39, 0.29) is 12.1 Å². The molecule has 0 rings (SSSR count). The predicted octanol–water partition coefficient (Wildman–Crippen LogP) is 3.63. The van der Waals surface area contributed by atoms with E-state index in [1.54, 1.807) is 7.11 Å². The molecule has 1 atom stereocenters. The van der Waals surface area contributed by atoms with Gasteiger partial charge in [0, 0.05) is 20.1 Å². The van der Waals surface area contributed by atoms with Crippen LogP contribution >= 0.6 is 0 Å². The number of nitrogens with one attached hydrogen (secondary N) is 1. The van der Waals surface area contributed by atoms with Gasteiger partial charge in [-0.1, -0.05) is 30.7 Å². The van der Waals surface area contributed by atoms with Crippen LogP contribution in [0.15, 0.2) is 23.8 Å². The van der Waals surface area contributed by atoms with Gasteiger partial charge in [0.25, 0.3) is 0 Å². The second kappa shape index (κ2) is 14.8. The van der Waals surface area contributed by atoms with Gasteiger partial charge in [0.15, 0.2) is 0 Å². The zero-order valence-electron chi connectivity index (χ0n) is 14.7. The second-order valence-corrected chi connectivity index (χ2v) is 5.43. The van der Waals surface area contributed by atoms with Gasteiger partial charge in [0.2, 0.25) is 0 Å². The molecule has 0 radical (unpaired) electrons. The van der Waals surface area contributed by atoms with Gasteiger partial charge in [-0.15, -0.1) is 0 Å². The molecule has 0 fully saturated rings.